The number of thiol groups is 1. The van der Waals surface area contributed by atoms with Crippen LogP contribution in [0, 0.1) is 5.82 Å². The first kappa shape index (κ1) is 17.4. The minimum absolute atomic E-state index is 0.0375. The van der Waals surface area contributed by atoms with E-state index in [4.69, 9.17) is 4.74 Å². The Bertz CT molecular complexity index is 932. The molecule has 0 aromatic heterocycles. The Kier molecular flexibility index (Phi) is 4.47. The molecule has 0 unspecified atom stereocenters. The van der Waals surface area contributed by atoms with Crippen molar-refractivity contribution in [2.45, 2.75) is 25.2 Å². The molecule has 25 heavy (non-hydrogen) atoms. The molecule has 2 aromatic carbocycles. The number of hydrogen-bond acceptors (Lipinski definition) is 4. The average molecular weight is 360 g/mol. The number of carbonyl (C=O) groups excluding carboxylic acids is 1. The number of carbonyl (C=O) groups is 1. The molecule has 0 bridgehead atoms. The van der Waals surface area contributed by atoms with Gasteiger partial charge < -0.3 is 4.74 Å². The maximum absolute atomic E-state index is 13.6. The van der Waals surface area contributed by atoms with Gasteiger partial charge in [0, 0.05) is 5.57 Å². The Balaban J connectivity index is 2.15. The predicted octanol–water partition coefficient (Wildman–Crippen LogP) is 3.18. The molecule has 1 aliphatic heterocycles. The van der Waals surface area contributed by atoms with Gasteiger partial charge in [0.05, 0.1) is 11.3 Å². The van der Waals surface area contributed by atoms with Crippen molar-refractivity contribution in [2.75, 3.05) is 0 Å². The van der Waals surface area contributed by atoms with Crippen LogP contribution in [-0.4, -0.2) is 20.0 Å². The van der Waals surface area contributed by atoms with Crippen LogP contribution in [0.1, 0.15) is 30.5 Å². The van der Waals surface area contributed by atoms with Gasteiger partial charge in [-0.25, -0.2) is 17.6 Å². The topological polar surface area (TPSA) is 60.4 Å². The normalized spacial score (nSPS) is 16.4. The molecule has 0 N–H and O–H groups in total. The zero-order chi connectivity index (χ0) is 18.2. The number of benzene rings is 2. The van der Waals surface area contributed by atoms with E-state index < -0.39 is 28.1 Å². The minimum atomic E-state index is -2.50. The highest BCUT2D eigenvalue weighted by Gasteiger charge is 2.41. The predicted molar refractivity (Wildman–Crippen MR) is 93.8 cm³/mol. The molecule has 0 spiro atoms. The van der Waals surface area contributed by atoms with Crippen molar-refractivity contribution in [3.63, 3.8) is 0 Å². The van der Waals surface area contributed by atoms with Crippen LogP contribution in [-0.2, 0) is 26.0 Å². The summed E-state index contributed by atoms with van der Waals surface area (Å²) in [4.78, 5) is 12.4. The molecule has 0 saturated carbocycles. The molecule has 1 aliphatic rings. The van der Waals surface area contributed by atoms with Gasteiger partial charge in [0.25, 0.3) is 0 Å². The molecule has 3 rings (SSSR count). The zero-order valence-corrected chi connectivity index (χ0v) is 14.7. The summed E-state index contributed by atoms with van der Waals surface area (Å²) in [6, 6.07) is 12.7. The van der Waals surface area contributed by atoms with E-state index >= 15 is 0 Å². The Labute approximate surface area is 146 Å². The smallest absolute Gasteiger partial charge is 0.340 e. The summed E-state index contributed by atoms with van der Waals surface area (Å²) < 4.78 is 40.8. The molecule has 0 radical (unpaired) electrons. The van der Waals surface area contributed by atoms with E-state index in [0.717, 1.165) is 5.56 Å². The van der Waals surface area contributed by atoms with Crippen LogP contribution in [0.3, 0.4) is 0 Å². The molecule has 130 valence electrons. The summed E-state index contributed by atoms with van der Waals surface area (Å²) >= 11 is 0. The van der Waals surface area contributed by atoms with Crippen molar-refractivity contribution in [1.82, 2.24) is 0 Å². The molecule has 0 atom stereocenters. The lowest BCUT2D eigenvalue weighted by atomic mass is 9.86. The minimum Gasteiger partial charge on any atom is -0.451 e. The molecule has 1 heterocycles. The third-order valence-corrected chi connectivity index (χ3v) is 4.69. The Hall–Kier alpha value is -2.47. The maximum Gasteiger partial charge on any atom is 0.340 e. The summed E-state index contributed by atoms with van der Waals surface area (Å²) in [5.41, 5.74) is 1.96. The van der Waals surface area contributed by atoms with Crippen molar-refractivity contribution >= 4 is 27.8 Å². The van der Waals surface area contributed by atoms with Crippen molar-refractivity contribution in [1.29, 1.82) is 0 Å². The van der Waals surface area contributed by atoms with Gasteiger partial charge in [-0.2, -0.15) is 0 Å². The van der Waals surface area contributed by atoms with Crippen molar-refractivity contribution in [3.8, 4) is 0 Å². The number of hydrogen-bond donors (Lipinski definition) is 1. The van der Waals surface area contributed by atoms with E-state index in [1.54, 1.807) is 50.2 Å². The van der Waals surface area contributed by atoms with E-state index in [2.05, 4.69) is 0 Å². The SMILES string of the molecule is CC1(C)OC(=O)C(c2cccc(F)c2)=C1c1ccc(C[SH](=O)=O)cc1. The van der Waals surface area contributed by atoms with Crippen molar-refractivity contribution in [2.24, 2.45) is 0 Å². The van der Waals surface area contributed by atoms with Gasteiger partial charge in [-0.15, -0.1) is 0 Å². The zero-order valence-electron chi connectivity index (χ0n) is 13.8. The molecule has 6 heteroatoms. The fraction of sp³-hybridized carbons (Fsp3) is 0.211. The fourth-order valence-electron chi connectivity index (χ4n) is 3.06. The highest BCUT2D eigenvalue weighted by Crippen LogP contribution is 2.43. The summed E-state index contributed by atoms with van der Waals surface area (Å²) in [5, 5.41) is 0. The van der Waals surface area contributed by atoms with Gasteiger partial charge in [0.2, 0.25) is 0 Å². The Morgan fingerprint density at radius 1 is 1.04 bits per heavy atom. The van der Waals surface area contributed by atoms with Crippen molar-refractivity contribution < 1.29 is 22.3 Å². The van der Waals surface area contributed by atoms with Crippen LogP contribution in [0.25, 0.3) is 11.1 Å². The van der Waals surface area contributed by atoms with Crippen LogP contribution in [0.2, 0.25) is 0 Å². The van der Waals surface area contributed by atoms with Gasteiger partial charge in [-0.1, -0.05) is 36.4 Å². The highest BCUT2D eigenvalue weighted by molar-refractivity contribution is 7.71. The highest BCUT2D eigenvalue weighted by atomic mass is 32.2. The van der Waals surface area contributed by atoms with Gasteiger partial charge in [-0.3, -0.25) is 0 Å². The maximum atomic E-state index is 13.6. The van der Waals surface area contributed by atoms with Gasteiger partial charge in [-0.05, 0) is 42.7 Å². The lowest BCUT2D eigenvalue weighted by Gasteiger charge is -2.21. The Morgan fingerprint density at radius 2 is 1.72 bits per heavy atom. The quantitative estimate of drug-likeness (QED) is 0.672. The van der Waals surface area contributed by atoms with Gasteiger partial charge >= 0.3 is 5.97 Å². The van der Waals surface area contributed by atoms with Crippen LogP contribution in [0.5, 0.6) is 0 Å². The average Bonchev–Trinajstić information content (AvgIpc) is 2.76. The van der Waals surface area contributed by atoms with Crippen LogP contribution < -0.4 is 0 Å². The monoisotopic (exact) mass is 360 g/mol. The first-order chi connectivity index (χ1) is 11.8. The second-order valence-electron chi connectivity index (χ2n) is 6.35. The number of esters is 1. The standard InChI is InChI=1S/C19H17FO4S/c1-19(2)17(13-8-6-12(7-9-13)11-25(22)23)16(18(21)24-19)14-4-3-5-15(20)10-14/h3-10,25H,11H2,1-2H3. The summed E-state index contributed by atoms with van der Waals surface area (Å²) in [7, 11) is -2.50. The first-order valence-corrected chi connectivity index (χ1v) is 9.09. The third kappa shape index (κ3) is 3.49. The summed E-state index contributed by atoms with van der Waals surface area (Å²) in [6.07, 6.45) is 0. The molecule has 2 aromatic rings. The molecular weight excluding hydrogens is 343 g/mol. The number of ether oxygens (including phenoxy) is 1. The number of halogens is 1. The molecule has 0 fully saturated rings. The van der Waals surface area contributed by atoms with E-state index in [1.807, 2.05) is 0 Å². The summed E-state index contributed by atoms with van der Waals surface area (Å²) in [5.74, 6) is -0.974. The number of cyclic esters (lactones) is 1. The van der Waals surface area contributed by atoms with Crippen LogP contribution in [0.4, 0.5) is 4.39 Å². The molecule has 0 aliphatic carbocycles. The van der Waals surface area contributed by atoms with E-state index in [9.17, 15) is 17.6 Å². The molecule has 0 saturated heterocycles. The van der Waals surface area contributed by atoms with Gasteiger partial charge in [0.1, 0.15) is 22.1 Å². The molecule has 4 nitrogen and oxygen atoms in total. The second-order valence-corrected chi connectivity index (χ2v) is 7.33. The lowest BCUT2D eigenvalue weighted by Crippen LogP contribution is -2.22. The summed E-state index contributed by atoms with van der Waals surface area (Å²) in [6.45, 7) is 3.55. The van der Waals surface area contributed by atoms with Crippen LogP contribution in [0.15, 0.2) is 48.5 Å². The second kappa shape index (κ2) is 6.44. The molecular formula is C19H17FO4S. The first-order valence-electron chi connectivity index (χ1n) is 7.73. The van der Waals surface area contributed by atoms with E-state index in [1.165, 1.54) is 12.1 Å². The molecule has 0 amide bonds. The van der Waals surface area contributed by atoms with Crippen LogP contribution >= 0.6 is 0 Å². The third-order valence-electron chi connectivity index (χ3n) is 4.07. The largest absolute Gasteiger partial charge is 0.451 e. The van der Waals surface area contributed by atoms with Gasteiger partial charge in [0.15, 0.2) is 0 Å². The van der Waals surface area contributed by atoms with Crippen molar-refractivity contribution in [3.05, 3.63) is 71.0 Å². The lowest BCUT2D eigenvalue weighted by molar-refractivity contribution is -0.141. The van der Waals surface area contributed by atoms with E-state index in [0.29, 0.717) is 22.3 Å². The van der Waals surface area contributed by atoms with E-state index in [-0.39, 0.29) is 5.75 Å². The Morgan fingerprint density at radius 3 is 2.32 bits per heavy atom. The number of rotatable bonds is 4. The fourth-order valence-corrected chi connectivity index (χ4v) is 3.57.